The molecule has 8 heteroatoms. The second-order valence-electron chi connectivity index (χ2n) is 6.40. The number of fused-ring (bicyclic) bond motifs is 1. The molecule has 2 heterocycles. The molecule has 1 aromatic heterocycles. The van der Waals surface area contributed by atoms with Gasteiger partial charge < -0.3 is 4.90 Å². The number of hydrogen-bond acceptors (Lipinski definition) is 5. The van der Waals surface area contributed by atoms with Crippen LogP contribution in [0.1, 0.15) is 28.2 Å². The molecule has 3 aromatic rings. The quantitative estimate of drug-likeness (QED) is 0.526. The maximum Gasteiger partial charge on any atom is 0.280 e. The highest BCUT2D eigenvalue weighted by molar-refractivity contribution is 6.06. The van der Waals surface area contributed by atoms with Crippen molar-refractivity contribution in [2.75, 3.05) is 11.4 Å². The number of carbonyl (C=O) groups excluding carboxylic acids is 1. The number of rotatable bonds is 3. The van der Waals surface area contributed by atoms with E-state index >= 15 is 0 Å². The first-order valence-corrected chi connectivity index (χ1v) is 8.63. The SMILES string of the molecule is Cc1c(C(=O)N2CCCc3ccccc32)nnn1-c1cccc([N+](=O)[O-])c1. The van der Waals surface area contributed by atoms with Crippen molar-refractivity contribution in [2.24, 2.45) is 0 Å². The van der Waals surface area contributed by atoms with Crippen LogP contribution in [0.15, 0.2) is 48.5 Å². The van der Waals surface area contributed by atoms with Crippen molar-refractivity contribution in [3.05, 3.63) is 75.6 Å². The Kier molecular flexibility index (Phi) is 4.15. The Bertz CT molecular complexity index is 1040. The average Bonchev–Trinajstić information content (AvgIpc) is 3.08. The number of carbonyl (C=O) groups is 1. The predicted molar refractivity (Wildman–Crippen MR) is 99.2 cm³/mol. The molecule has 0 bridgehead atoms. The second-order valence-corrected chi connectivity index (χ2v) is 6.40. The number of nitro groups is 1. The van der Waals surface area contributed by atoms with Crippen molar-refractivity contribution >= 4 is 17.3 Å². The fourth-order valence-corrected chi connectivity index (χ4v) is 3.38. The minimum absolute atomic E-state index is 0.0414. The third kappa shape index (κ3) is 2.95. The van der Waals surface area contributed by atoms with E-state index in [1.165, 1.54) is 16.8 Å². The number of aryl methyl sites for hydroxylation is 1. The summed E-state index contributed by atoms with van der Waals surface area (Å²) in [6.07, 6.45) is 1.83. The van der Waals surface area contributed by atoms with E-state index in [4.69, 9.17) is 0 Å². The molecular formula is C19H17N5O3. The number of benzene rings is 2. The van der Waals surface area contributed by atoms with Crippen LogP contribution in [0.3, 0.4) is 0 Å². The fraction of sp³-hybridized carbons (Fsp3) is 0.211. The van der Waals surface area contributed by atoms with Crippen LogP contribution in [0.4, 0.5) is 11.4 Å². The van der Waals surface area contributed by atoms with Crippen LogP contribution in [-0.4, -0.2) is 32.4 Å². The van der Waals surface area contributed by atoms with Crippen LogP contribution in [0, 0.1) is 17.0 Å². The van der Waals surface area contributed by atoms with Crippen molar-refractivity contribution in [2.45, 2.75) is 19.8 Å². The largest absolute Gasteiger partial charge is 0.307 e. The van der Waals surface area contributed by atoms with E-state index in [0.29, 0.717) is 17.9 Å². The minimum atomic E-state index is -0.466. The minimum Gasteiger partial charge on any atom is -0.307 e. The lowest BCUT2D eigenvalue weighted by atomic mass is 10.0. The van der Waals surface area contributed by atoms with Gasteiger partial charge >= 0.3 is 0 Å². The zero-order valence-corrected chi connectivity index (χ0v) is 14.7. The van der Waals surface area contributed by atoms with E-state index in [2.05, 4.69) is 10.3 Å². The maximum atomic E-state index is 13.1. The smallest absolute Gasteiger partial charge is 0.280 e. The lowest BCUT2D eigenvalue weighted by Gasteiger charge is -2.28. The van der Waals surface area contributed by atoms with E-state index in [1.54, 1.807) is 24.0 Å². The topological polar surface area (TPSA) is 94.2 Å². The summed E-state index contributed by atoms with van der Waals surface area (Å²) in [6, 6.07) is 13.9. The molecule has 0 fully saturated rings. The van der Waals surface area contributed by atoms with E-state index in [1.807, 2.05) is 24.3 Å². The van der Waals surface area contributed by atoms with Gasteiger partial charge in [0.25, 0.3) is 11.6 Å². The third-order valence-corrected chi connectivity index (χ3v) is 4.74. The average molecular weight is 363 g/mol. The molecule has 0 saturated carbocycles. The van der Waals surface area contributed by atoms with Crippen molar-refractivity contribution in [3.8, 4) is 5.69 Å². The highest BCUT2D eigenvalue weighted by Gasteiger charge is 2.27. The van der Waals surface area contributed by atoms with Crippen LogP contribution < -0.4 is 4.90 Å². The van der Waals surface area contributed by atoms with Gasteiger partial charge in [0, 0.05) is 24.4 Å². The zero-order chi connectivity index (χ0) is 19.0. The number of amides is 1. The van der Waals surface area contributed by atoms with E-state index in [9.17, 15) is 14.9 Å². The van der Waals surface area contributed by atoms with Gasteiger partial charge in [-0.25, -0.2) is 4.68 Å². The molecule has 8 nitrogen and oxygen atoms in total. The summed E-state index contributed by atoms with van der Waals surface area (Å²) < 4.78 is 1.45. The van der Waals surface area contributed by atoms with Gasteiger partial charge in [-0.2, -0.15) is 0 Å². The van der Waals surface area contributed by atoms with Gasteiger partial charge in [0.05, 0.1) is 16.3 Å². The highest BCUT2D eigenvalue weighted by Crippen LogP contribution is 2.28. The van der Waals surface area contributed by atoms with Crippen molar-refractivity contribution in [1.29, 1.82) is 0 Å². The molecular weight excluding hydrogens is 346 g/mol. The normalized spacial score (nSPS) is 13.3. The Hall–Kier alpha value is -3.55. The van der Waals surface area contributed by atoms with Crippen LogP contribution in [0.25, 0.3) is 5.69 Å². The Morgan fingerprint density at radius 3 is 2.81 bits per heavy atom. The summed E-state index contributed by atoms with van der Waals surface area (Å²) in [7, 11) is 0. The summed E-state index contributed by atoms with van der Waals surface area (Å²) >= 11 is 0. The molecule has 0 unspecified atom stereocenters. The third-order valence-electron chi connectivity index (χ3n) is 4.74. The number of para-hydroxylation sites is 1. The summed E-state index contributed by atoms with van der Waals surface area (Å²) in [5.41, 5.74) is 3.29. The van der Waals surface area contributed by atoms with Crippen molar-refractivity contribution in [3.63, 3.8) is 0 Å². The molecule has 0 atom stereocenters. The number of anilines is 1. The molecule has 0 spiro atoms. The van der Waals surface area contributed by atoms with Gasteiger partial charge in [0.15, 0.2) is 5.69 Å². The lowest BCUT2D eigenvalue weighted by Crippen LogP contribution is -2.36. The number of non-ortho nitro benzene ring substituents is 1. The summed E-state index contributed by atoms with van der Waals surface area (Å²) in [5.74, 6) is -0.212. The fourth-order valence-electron chi connectivity index (χ4n) is 3.38. The lowest BCUT2D eigenvalue weighted by molar-refractivity contribution is -0.384. The molecule has 136 valence electrons. The van der Waals surface area contributed by atoms with E-state index in [0.717, 1.165) is 24.1 Å². The molecule has 27 heavy (non-hydrogen) atoms. The van der Waals surface area contributed by atoms with Gasteiger partial charge in [-0.1, -0.05) is 29.5 Å². The molecule has 1 aliphatic rings. The second kappa shape index (κ2) is 6.64. The number of hydrogen-bond donors (Lipinski definition) is 0. The maximum absolute atomic E-state index is 13.1. The van der Waals surface area contributed by atoms with Gasteiger partial charge in [0.2, 0.25) is 0 Å². The summed E-state index contributed by atoms with van der Waals surface area (Å²) in [5, 5.41) is 19.1. The Morgan fingerprint density at radius 2 is 2.00 bits per heavy atom. The number of nitro benzene ring substituents is 1. The van der Waals surface area contributed by atoms with Gasteiger partial charge in [0.1, 0.15) is 0 Å². The first kappa shape index (κ1) is 16.9. The monoisotopic (exact) mass is 363 g/mol. The first-order valence-electron chi connectivity index (χ1n) is 8.63. The molecule has 2 aromatic carbocycles. The zero-order valence-electron chi connectivity index (χ0n) is 14.7. The van der Waals surface area contributed by atoms with Crippen LogP contribution in [0.5, 0.6) is 0 Å². The Labute approximate surface area is 155 Å². The van der Waals surface area contributed by atoms with Crippen LogP contribution in [0.2, 0.25) is 0 Å². The van der Waals surface area contributed by atoms with Crippen molar-refractivity contribution < 1.29 is 9.72 Å². The molecule has 0 radical (unpaired) electrons. The standard InChI is InChI=1S/C19H17N5O3/c1-13-18(19(25)22-11-5-7-14-6-2-3-10-17(14)22)20-21-23(13)15-8-4-9-16(12-15)24(26)27/h2-4,6,8-10,12H,5,7,11H2,1H3. The van der Waals surface area contributed by atoms with Gasteiger partial charge in [-0.3, -0.25) is 14.9 Å². The van der Waals surface area contributed by atoms with E-state index < -0.39 is 4.92 Å². The number of nitrogens with zero attached hydrogens (tertiary/aromatic N) is 5. The molecule has 0 N–H and O–H groups in total. The molecule has 0 saturated heterocycles. The van der Waals surface area contributed by atoms with E-state index in [-0.39, 0.29) is 17.3 Å². The molecule has 4 rings (SSSR count). The number of aromatic nitrogens is 3. The summed E-state index contributed by atoms with van der Waals surface area (Å²) in [6.45, 7) is 2.36. The Balaban J connectivity index is 1.70. The molecule has 0 aliphatic carbocycles. The summed E-state index contributed by atoms with van der Waals surface area (Å²) in [4.78, 5) is 25.4. The van der Waals surface area contributed by atoms with Crippen LogP contribution >= 0.6 is 0 Å². The van der Waals surface area contributed by atoms with Crippen molar-refractivity contribution in [1.82, 2.24) is 15.0 Å². The highest BCUT2D eigenvalue weighted by atomic mass is 16.6. The molecule has 1 aliphatic heterocycles. The molecule has 1 amide bonds. The van der Waals surface area contributed by atoms with Gasteiger partial charge in [-0.05, 0) is 37.5 Å². The van der Waals surface area contributed by atoms with Gasteiger partial charge in [-0.15, -0.1) is 5.10 Å². The first-order chi connectivity index (χ1) is 13.1. The predicted octanol–water partition coefficient (Wildman–Crippen LogP) is 3.08. The Morgan fingerprint density at radius 1 is 1.19 bits per heavy atom. The van der Waals surface area contributed by atoms with Crippen LogP contribution in [-0.2, 0) is 6.42 Å².